The summed E-state index contributed by atoms with van der Waals surface area (Å²) in [6.45, 7) is 2.45. The van der Waals surface area contributed by atoms with Gasteiger partial charge < -0.3 is 5.32 Å². The first-order valence-corrected chi connectivity index (χ1v) is 5.17. The standard InChI is InChI=1S/C8H12BrNOS/c1-2-3-7(6-12)5-10-8(11)4-9/h2-3,6,12H,4-5H2,1H3,(H,10,11)/b3-2-,7-6+. The molecule has 1 N–H and O–H groups in total. The Labute approximate surface area is 86.6 Å². The summed E-state index contributed by atoms with van der Waals surface area (Å²) in [5.74, 6) is -0.0211. The molecule has 0 spiro atoms. The molecule has 1 amide bonds. The zero-order chi connectivity index (χ0) is 9.40. The molecule has 0 aliphatic heterocycles. The van der Waals surface area contributed by atoms with Crippen molar-refractivity contribution < 1.29 is 4.79 Å². The van der Waals surface area contributed by atoms with Crippen LogP contribution in [-0.4, -0.2) is 17.8 Å². The van der Waals surface area contributed by atoms with Crippen molar-refractivity contribution in [1.82, 2.24) is 5.32 Å². The lowest BCUT2D eigenvalue weighted by molar-refractivity contribution is -0.118. The molecule has 0 aliphatic carbocycles. The maximum absolute atomic E-state index is 10.8. The molecule has 0 fully saturated rings. The Morgan fingerprint density at radius 2 is 2.33 bits per heavy atom. The van der Waals surface area contributed by atoms with E-state index < -0.39 is 0 Å². The van der Waals surface area contributed by atoms with E-state index in [0.717, 1.165) is 5.57 Å². The zero-order valence-electron chi connectivity index (χ0n) is 6.88. The van der Waals surface area contributed by atoms with Crippen LogP contribution in [0.5, 0.6) is 0 Å². The predicted octanol–water partition coefficient (Wildman–Crippen LogP) is 1.89. The predicted molar refractivity (Wildman–Crippen MR) is 58.7 cm³/mol. The maximum atomic E-state index is 10.8. The quantitative estimate of drug-likeness (QED) is 0.445. The number of halogens is 1. The van der Waals surface area contributed by atoms with Crippen LogP contribution in [0.15, 0.2) is 23.1 Å². The topological polar surface area (TPSA) is 29.1 Å². The highest BCUT2D eigenvalue weighted by Crippen LogP contribution is 1.97. The van der Waals surface area contributed by atoms with Gasteiger partial charge >= 0.3 is 0 Å². The maximum Gasteiger partial charge on any atom is 0.230 e. The fraction of sp³-hybridized carbons (Fsp3) is 0.375. The summed E-state index contributed by atoms with van der Waals surface area (Å²) >= 11 is 7.06. The first-order valence-electron chi connectivity index (χ1n) is 3.53. The average molecular weight is 250 g/mol. The second kappa shape index (κ2) is 7.43. The lowest BCUT2D eigenvalue weighted by Crippen LogP contribution is -2.25. The van der Waals surface area contributed by atoms with Crippen molar-refractivity contribution in [3.63, 3.8) is 0 Å². The molecule has 0 saturated heterocycles. The van der Waals surface area contributed by atoms with E-state index in [-0.39, 0.29) is 5.91 Å². The molecule has 12 heavy (non-hydrogen) atoms. The largest absolute Gasteiger partial charge is 0.351 e. The van der Waals surface area contributed by atoms with Crippen molar-refractivity contribution >= 4 is 34.5 Å². The van der Waals surface area contributed by atoms with Gasteiger partial charge in [-0.25, -0.2) is 0 Å². The van der Waals surface area contributed by atoms with Crippen molar-refractivity contribution in [2.45, 2.75) is 6.92 Å². The normalized spacial score (nSPS) is 12.1. The minimum atomic E-state index is -0.0211. The minimum Gasteiger partial charge on any atom is -0.351 e. The fourth-order valence-corrected chi connectivity index (χ4v) is 0.985. The molecule has 0 bridgehead atoms. The van der Waals surface area contributed by atoms with Gasteiger partial charge in [0.2, 0.25) is 5.91 Å². The van der Waals surface area contributed by atoms with Crippen molar-refractivity contribution in [2.24, 2.45) is 0 Å². The molecule has 2 nitrogen and oxygen atoms in total. The number of nitrogens with one attached hydrogen (secondary N) is 1. The number of alkyl halides is 1. The molecule has 4 heteroatoms. The molecule has 0 atom stereocenters. The summed E-state index contributed by atoms with van der Waals surface area (Å²) in [6, 6.07) is 0. The van der Waals surface area contributed by atoms with E-state index in [1.807, 2.05) is 19.1 Å². The number of thiol groups is 1. The lowest BCUT2D eigenvalue weighted by atomic mass is 10.3. The van der Waals surface area contributed by atoms with Gasteiger partial charge in [-0.05, 0) is 17.9 Å². The molecule has 0 aromatic rings. The first-order chi connectivity index (χ1) is 5.74. The highest BCUT2D eigenvalue weighted by molar-refractivity contribution is 9.09. The Morgan fingerprint density at radius 3 is 2.75 bits per heavy atom. The van der Waals surface area contributed by atoms with Crippen molar-refractivity contribution in [1.29, 1.82) is 0 Å². The van der Waals surface area contributed by atoms with Gasteiger partial charge in [-0.1, -0.05) is 28.1 Å². The number of carbonyl (C=O) groups is 1. The summed E-state index contributed by atoms with van der Waals surface area (Å²) in [5.41, 5.74) is 0.982. The van der Waals surface area contributed by atoms with E-state index in [2.05, 4.69) is 33.9 Å². The van der Waals surface area contributed by atoms with Crippen LogP contribution in [0.1, 0.15) is 6.92 Å². The van der Waals surface area contributed by atoms with Gasteiger partial charge in [-0.15, -0.1) is 0 Å². The summed E-state index contributed by atoms with van der Waals surface area (Å²) in [6.07, 6.45) is 3.81. The summed E-state index contributed by atoms with van der Waals surface area (Å²) in [7, 11) is 0. The van der Waals surface area contributed by atoms with Gasteiger partial charge in [0.15, 0.2) is 0 Å². The molecule has 0 aromatic heterocycles. The molecule has 0 aliphatic rings. The minimum absolute atomic E-state index is 0.0211. The highest BCUT2D eigenvalue weighted by atomic mass is 79.9. The van der Waals surface area contributed by atoms with Crippen LogP contribution in [0.2, 0.25) is 0 Å². The summed E-state index contributed by atoms with van der Waals surface area (Å²) in [4.78, 5) is 10.8. The van der Waals surface area contributed by atoms with E-state index in [4.69, 9.17) is 0 Å². The number of rotatable bonds is 4. The molecule has 0 radical (unpaired) electrons. The summed E-state index contributed by atoms with van der Waals surface area (Å²) < 4.78 is 0. The van der Waals surface area contributed by atoms with E-state index in [1.54, 1.807) is 5.41 Å². The number of hydrogen-bond acceptors (Lipinski definition) is 2. The first kappa shape index (κ1) is 11.8. The molecule has 0 rings (SSSR count). The van der Waals surface area contributed by atoms with Gasteiger partial charge in [-0.2, -0.15) is 12.6 Å². The third-order valence-electron chi connectivity index (χ3n) is 1.16. The molecular weight excluding hydrogens is 238 g/mol. The van der Waals surface area contributed by atoms with Crippen molar-refractivity contribution in [2.75, 3.05) is 11.9 Å². The monoisotopic (exact) mass is 249 g/mol. The highest BCUT2D eigenvalue weighted by Gasteiger charge is 1.96. The van der Waals surface area contributed by atoms with Crippen LogP contribution in [0.25, 0.3) is 0 Å². The van der Waals surface area contributed by atoms with E-state index >= 15 is 0 Å². The third-order valence-corrected chi connectivity index (χ3v) is 2.00. The Hall–Kier alpha value is -0.220. The zero-order valence-corrected chi connectivity index (χ0v) is 9.36. The number of hydrogen-bond donors (Lipinski definition) is 2. The van der Waals surface area contributed by atoms with Crippen LogP contribution in [0, 0.1) is 0 Å². The Bertz CT molecular complexity index is 201. The van der Waals surface area contributed by atoms with E-state index in [9.17, 15) is 4.79 Å². The molecule has 68 valence electrons. The van der Waals surface area contributed by atoms with Crippen LogP contribution in [0.4, 0.5) is 0 Å². The van der Waals surface area contributed by atoms with Crippen molar-refractivity contribution in [3.8, 4) is 0 Å². The Morgan fingerprint density at radius 1 is 1.67 bits per heavy atom. The lowest BCUT2D eigenvalue weighted by Gasteiger charge is -2.02. The summed E-state index contributed by atoms with van der Waals surface area (Å²) in [5, 5.41) is 4.73. The Balaban J connectivity index is 3.82. The average Bonchev–Trinajstić information content (AvgIpc) is 2.11. The molecule has 0 unspecified atom stereocenters. The fourth-order valence-electron chi connectivity index (χ4n) is 0.610. The second-order valence-corrected chi connectivity index (χ2v) is 2.93. The number of allylic oxidation sites excluding steroid dienone is 1. The van der Waals surface area contributed by atoms with Crippen LogP contribution < -0.4 is 5.32 Å². The molecular formula is C8H12BrNOS. The number of amides is 1. The van der Waals surface area contributed by atoms with Crippen LogP contribution >= 0.6 is 28.6 Å². The van der Waals surface area contributed by atoms with Gasteiger partial charge in [0, 0.05) is 6.54 Å². The van der Waals surface area contributed by atoms with Gasteiger partial charge in [-0.3, -0.25) is 4.79 Å². The number of carbonyl (C=O) groups excluding carboxylic acids is 1. The molecule has 0 saturated carbocycles. The van der Waals surface area contributed by atoms with Crippen molar-refractivity contribution in [3.05, 3.63) is 23.1 Å². The molecule has 0 aromatic carbocycles. The Kier molecular flexibility index (Phi) is 7.29. The second-order valence-electron chi connectivity index (χ2n) is 2.11. The third kappa shape index (κ3) is 5.43. The van der Waals surface area contributed by atoms with Gasteiger partial charge in [0.1, 0.15) is 0 Å². The molecule has 0 heterocycles. The van der Waals surface area contributed by atoms with Gasteiger partial charge in [0.25, 0.3) is 0 Å². The smallest absolute Gasteiger partial charge is 0.230 e. The van der Waals surface area contributed by atoms with E-state index in [0.29, 0.717) is 11.9 Å². The van der Waals surface area contributed by atoms with Crippen LogP contribution in [0.3, 0.4) is 0 Å². The van der Waals surface area contributed by atoms with Crippen LogP contribution in [-0.2, 0) is 4.79 Å². The van der Waals surface area contributed by atoms with Gasteiger partial charge in [0.05, 0.1) is 5.33 Å². The SMILES string of the molecule is C/C=C\C(=C/S)CNC(=O)CBr. The van der Waals surface area contributed by atoms with E-state index in [1.165, 1.54) is 0 Å².